The van der Waals surface area contributed by atoms with Crippen molar-refractivity contribution in [3.63, 3.8) is 0 Å². The number of nitrogens with zero attached hydrogens (tertiary/aromatic N) is 2. The topological polar surface area (TPSA) is 37.8 Å². The molecule has 98 valence electrons. The second kappa shape index (κ2) is 7.14. The Hall–Kier alpha value is -0.380. The van der Waals surface area contributed by atoms with E-state index in [4.69, 9.17) is 0 Å². The molecule has 17 heavy (non-hydrogen) atoms. The van der Waals surface area contributed by atoms with E-state index in [0.29, 0.717) is 5.92 Å². The lowest BCUT2D eigenvalue weighted by molar-refractivity contribution is 0.443. The van der Waals surface area contributed by atoms with Crippen molar-refractivity contribution in [3.05, 3.63) is 22.8 Å². The summed E-state index contributed by atoms with van der Waals surface area (Å²) in [4.78, 5) is 9.24. The second-order valence-electron chi connectivity index (χ2n) is 4.40. The van der Waals surface area contributed by atoms with Crippen LogP contribution in [-0.2, 0) is 0 Å². The average molecular weight is 278 g/mol. The summed E-state index contributed by atoms with van der Waals surface area (Å²) in [5.74, 6) is 1.61. The van der Waals surface area contributed by atoms with Gasteiger partial charge in [0.2, 0.25) is 0 Å². The van der Waals surface area contributed by atoms with E-state index >= 15 is 0 Å². The molecule has 3 nitrogen and oxygen atoms in total. The molecule has 1 aliphatic rings. The summed E-state index contributed by atoms with van der Waals surface area (Å²) in [6.07, 6.45) is 2.34. The largest absolute Gasteiger partial charge is 0.317 e. The van der Waals surface area contributed by atoms with E-state index in [2.05, 4.69) is 36.1 Å². The zero-order chi connectivity index (χ0) is 10.8. The fourth-order valence-electron chi connectivity index (χ4n) is 2.06. The minimum Gasteiger partial charge on any atom is -0.317 e. The third kappa shape index (κ3) is 3.80. The Labute approximate surface area is 116 Å². The first-order valence-corrected chi connectivity index (χ1v) is 5.71. The van der Waals surface area contributed by atoms with Crippen LogP contribution in [0.3, 0.4) is 0 Å². The molecule has 1 aromatic rings. The smallest absolute Gasteiger partial charge is 0.132 e. The van der Waals surface area contributed by atoms with Gasteiger partial charge in [-0.05, 0) is 52.3 Å². The van der Waals surface area contributed by atoms with Crippen LogP contribution in [0.15, 0.2) is 0 Å². The number of aromatic nitrogens is 2. The Balaban J connectivity index is 0.00000128. The van der Waals surface area contributed by atoms with Gasteiger partial charge in [-0.2, -0.15) is 0 Å². The van der Waals surface area contributed by atoms with Crippen molar-refractivity contribution in [2.24, 2.45) is 0 Å². The van der Waals surface area contributed by atoms with E-state index in [0.717, 1.165) is 30.3 Å². The van der Waals surface area contributed by atoms with Crippen molar-refractivity contribution >= 4 is 24.8 Å². The molecule has 1 aliphatic heterocycles. The van der Waals surface area contributed by atoms with Gasteiger partial charge in [-0.1, -0.05) is 0 Å². The van der Waals surface area contributed by atoms with E-state index < -0.39 is 0 Å². The monoisotopic (exact) mass is 277 g/mol. The van der Waals surface area contributed by atoms with Crippen LogP contribution in [0.2, 0.25) is 0 Å². The molecule has 0 radical (unpaired) electrons. The number of rotatable bonds is 1. The molecule has 1 fully saturated rings. The number of halogens is 2. The highest BCUT2D eigenvalue weighted by Crippen LogP contribution is 2.23. The molecule has 5 heteroatoms. The molecule has 1 saturated heterocycles. The molecule has 1 aromatic heterocycles. The van der Waals surface area contributed by atoms with Crippen molar-refractivity contribution in [1.29, 1.82) is 0 Å². The zero-order valence-electron chi connectivity index (χ0n) is 10.6. The summed E-state index contributed by atoms with van der Waals surface area (Å²) in [6.45, 7) is 8.44. The van der Waals surface area contributed by atoms with Gasteiger partial charge in [0.25, 0.3) is 0 Å². The van der Waals surface area contributed by atoms with Crippen LogP contribution in [0.5, 0.6) is 0 Å². The minimum absolute atomic E-state index is 0. The summed E-state index contributed by atoms with van der Waals surface area (Å²) >= 11 is 0. The molecule has 0 aliphatic carbocycles. The number of piperidine rings is 1. The lowest BCUT2D eigenvalue weighted by Gasteiger charge is -2.22. The number of hydrogen-bond acceptors (Lipinski definition) is 3. The lowest BCUT2D eigenvalue weighted by Crippen LogP contribution is -2.27. The van der Waals surface area contributed by atoms with Crippen LogP contribution < -0.4 is 5.32 Å². The fourth-order valence-corrected chi connectivity index (χ4v) is 2.06. The first kappa shape index (κ1) is 16.6. The quantitative estimate of drug-likeness (QED) is 0.858. The Bertz CT molecular complexity index is 340. The Morgan fingerprint density at radius 2 is 1.41 bits per heavy atom. The summed E-state index contributed by atoms with van der Waals surface area (Å²) < 4.78 is 0. The standard InChI is InChI=1S/C12H19N3.2ClH/c1-8-9(2)14-12(15-10(8)3)11-4-6-13-7-5-11;;/h11,13H,4-7H2,1-3H3;2*1H. The maximum absolute atomic E-state index is 4.62. The van der Waals surface area contributed by atoms with E-state index in [1.54, 1.807) is 0 Å². The second-order valence-corrected chi connectivity index (χ2v) is 4.40. The van der Waals surface area contributed by atoms with Gasteiger partial charge in [-0.15, -0.1) is 24.8 Å². The molecule has 2 rings (SSSR count). The Kier molecular flexibility index (Phi) is 6.98. The number of nitrogens with one attached hydrogen (secondary N) is 1. The first-order chi connectivity index (χ1) is 7.18. The number of hydrogen-bond donors (Lipinski definition) is 1. The van der Waals surface area contributed by atoms with Crippen molar-refractivity contribution in [2.75, 3.05) is 13.1 Å². The van der Waals surface area contributed by atoms with Gasteiger partial charge in [0, 0.05) is 17.3 Å². The molecular weight excluding hydrogens is 257 g/mol. The van der Waals surface area contributed by atoms with E-state index in [1.807, 2.05) is 0 Å². The predicted molar refractivity (Wildman–Crippen MR) is 75.6 cm³/mol. The van der Waals surface area contributed by atoms with Crippen LogP contribution in [-0.4, -0.2) is 23.1 Å². The molecule has 0 atom stereocenters. The molecule has 0 unspecified atom stereocenters. The lowest BCUT2D eigenvalue weighted by atomic mass is 9.97. The predicted octanol–water partition coefficient (Wildman–Crippen LogP) is 2.71. The number of aryl methyl sites for hydroxylation is 2. The molecule has 0 aromatic carbocycles. The van der Waals surface area contributed by atoms with Gasteiger partial charge >= 0.3 is 0 Å². The van der Waals surface area contributed by atoms with Crippen molar-refractivity contribution in [2.45, 2.75) is 39.5 Å². The minimum atomic E-state index is 0. The molecular formula is C12H21Cl2N3. The van der Waals surface area contributed by atoms with Gasteiger partial charge in [-0.3, -0.25) is 0 Å². The highest BCUT2D eigenvalue weighted by Gasteiger charge is 2.18. The summed E-state index contributed by atoms with van der Waals surface area (Å²) in [7, 11) is 0. The van der Waals surface area contributed by atoms with E-state index in [9.17, 15) is 0 Å². The van der Waals surface area contributed by atoms with Crippen LogP contribution >= 0.6 is 24.8 Å². The maximum Gasteiger partial charge on any atom is 0.132 e. The highest BCUT2D eigenvalue weighted by molar-refractivity contribution is 5.85. The van der Waals surface area contributed by atoms with Crippen molar-refractivity contribution < 1.29 is 0 Å². The molecule has 0 amide bonds. The molecule has 0 bridgehead atoms. The summed E-state index contributed by atoms with van der Waals surface area (Å²) in [5.41, 5.74) is 3.50. The molecule has 0 saturated carbocycles. The van der Waals surface area contributed by atoms with Crippen LogP contribution in [0.1, 0.15) is 41.5 Å². The van der Waals surface area contributed by atoms with Crippen LogP contribution in [0.4, 0.5) is 0 Å². The highest BCUT2D eigenvalue weighted by atomic mass is 35.5. The van der Waals surface area contributed by atoms with Gasteiger partial charge in [0.1, 0.15) is 5.82 Å². The van der Waals surface area contributed by atoms with Gasteiger partial charge in [0.05, 0.1) is 0 Å². The molecule has 0 spiro atoms. The van der Waals surface area contributed by atoms with Crippen molar-refractivity contribution in [1.82, 2.24) is 15.3 Å². The van der Waals surface area contributed by atoms with Crippen LogP contribution in [0, 0.1) is 20.8 Å². The third-order valence-corrected chi connectivity index (χ3v) is 3.35. The zero-order valence-corrected chi connectivity index (χ0v) is 12.2. The normalized spacial score (nSPS) is 15.9. The maximum atomic E-state index is 4.62. The Morgan fingerprint density at radius 1 is 0.941 bits per heavy atom. The molecule has 1 N–H and O–H groups in total. The summed E-state index contributed by atoms with van der Waals surface area (Å²) in [5, 5.41) is 3.37. The van der Waals surface area contributed by atoms with Gasteiger partial charge in [-0.25, -0.2) is 9.97 Å². The van der Waals surface area contributed by atoms with E-state index in [1.165, 1.54) is 18.4 Å². The van der Waals surface area contributed by atoms with Crippen LogP contribution in [0.25, 0.3) is 0 Å². The average Bonchev–Trinajstić information content (AvgIpc) is 2.26. The SMILES string of the molecule is Cc1nc(C2CCNCC2)nc(C)c1C.Cl.Cl. The third-order valence-electron chi connectivity index (χ3n) is 3.35. The fraction of sp³-hybridized carbons (Fsp3) is 0.667. The van der Waals surface area contributed by atoms with Gasteiger partial charge < -0.3 is 5.32 Å². The first-order valence-electron chi connectivity index (χ1n) is 5.71. The Morgan fingerprint density at radius 3 is 1.88 bits per heavy atom. The van der Waals surface area contributed by atoms with Crippen molar-refractivity contribution in [3.8, 4) is 0 Å². The van der Waals surface area contributed by atoms with E-state index in [-0.39, 0.29) is 24.8 Å². The van der Waals surface area contributed by atoms with Gasteiger partial charge in [0.15, 0.2) is 0 Å². The molecule has 2 heterocycles. The summed E-state index contributed by atoms with van der Waals surface area (Å²) in [6, 6.07) is 0.